The number of amides is 5. The predicted molar refractivity (Wildman–Crippen MR) is 177 cm³/mol. The Bertz CT molecular complexity index is 1890. The molecule has 272 valence electrons. The number of aliphatic carboxylic acids is 2. The first-order valence-corrected chi connectivity index (χ1v) is 16.8. The van der Waals surface area contributed by atoms with E-state index in [0.717, 1.165) is 45.1 Å². The van der Waals surface area contributed by atoms with Gasteiger partial charge in [-0.1, -0.05) is 28.5 Å². The number of thioether (sulfide) groups is 1. The van der Waals surface area contributed by atoms with Crippen molar-refractivity contribution in [2.24, 2.45) is 11.1 Å². The third-order valence-electron chi connectivity index (χ3n) is 8.09. The fraction of sp³-hybridized carbons (Fsp3) is 0.393. The SMILES string of the molecule is CC(C)(O/N=C(\C(=O)C[C@@H]1C(=O)N2C[C@@](C(=O)O)(N3CCN(NC(=O)NCC(=O)c4ccc(O)c(O)c4Cl)C3=O)S[C@@H]12)c1csc(N)n1)C(=O)O. The van der Waals surface area contributed by atoms with Crippen molar-refractivity contribution in [2.45, 2.75) is 36.1 Å². The van der Waals surface area contributed by atoms with Gasteiger partial charge in [0.1, 0.15) is 5.69 Å². The topological polar surface area (TPSA) is 295 Å². The van der Waals surface area contributed by atoms with Gasteiger partial charge in [-0.3, -0.25) is 19.3 Å². The second kappa shape index (κ2) is 13.8. The number of carbonyl (C=O) groups is 7. The second-order valence-corrected chi connectivity index (χ2v) is 14.5. The van der Waals surface area contributed by atoms with Gasteiger partial charge in [0.15, 0.2) is 33.9 Å². The highest BCUT2D eigenvalue weighted by molar-refractivity contribution is 8.02. The molecule has 3 atom stereocenters. The molecule has 0 saturated carbocycles. The molecule has 5 rings (SSSR count). The molecular weight excluding hydrogens is 740 g/mol. The number of hydrogen-bond donors (Lipinski definition) is 7. The number of hydrazine groups is 1. The molecule has 1 aromatic heterocycles. The number of urea groups is 2. The summed E-state index contributed by atoms with van der Waals surface area (Å²) in [6, 6.07) is 0.247. The number of carboxylic acids is 2. The van der Waals surface area contributed by atoms with E-state index < -0.39 is 105 Å². The van der Waals surface area contributed by atoms with Crippen LogP contribution in [0.5, 0.6) is 11.5 Å². The van der Waals surface area contributed by atoms with Crippen LogP contribution in [0, 0.1) is 5.92 Å². The van der Waals surface area contributed by atoms with Gasteiger partial charge in [-0.15, -0.1) is 11.3 Å². The quantitative estimate of drug-likeness (QED) is 0.0479. The van der Waals surface area contributed by atoms with Crippen molar-refractivity contribution in [3.63, 3.8) is 0 Å². The number of rotatable bonds is 13. The highest BCUT2D eigenvalue weighted by Crippen LogP contribution is 2.52. The van der Waals surface area contributed by atoms with Gasteiger partial charge in [0, 0.05) is 23.9 Å². The first kappa shape index (κ1) is 36.9. The molecule has 0 bridgehead atoms. The van der Waals surface area contributed by atoms with Gasteiger partial charge in [-0.2, -0.15) is 0 Å². The Labute approximate surface area is 300 Å². The number of fused-ring (bicyclic) bond motifs is 1. The number of phenols is 2. The molecule has 4 heterocycles. The fourth-order valence-electron chi connectivity index (χ4n) is 5.24. The van der Waals surface area contributed by atoms with E-state index in [1.165, 1.54) is 24.1 Å². The summed E-state index contributed by atoms with van der Waals surface area (Å²) in [7, 11) is 0. The number of halogens is 1. The average molecular weight is 769 g/mol. The van der Waals surface area contributed by atoms with Crippen molar-refractivity contribution >= 4 is 87.0 Å². The van der Waals surface area contributed by atoms with E-state index in [2.05, 4.69) is 20.9 Å². The number of nitrogen functional groups attached to an aromatic ring is 1. The molecule has 0 unspecified atom stereocenters. The molecule has 8 N–H and O–H groups in total. The summed E-state index contributed by atoms with van der Waals surface area (Å²) in [5, 5.41) is 45.9. The molecular formula is C28H29ClN8O12S2. The van der Waals surface area contributed by atoms with Crippen LogP contribution < -0.4 is 16.5 Å². The lowest BCUT2D eigenvalue weighted by Gasteiger charge is -2.40. The van der Waals surface area contributed by atoms with Gasteiger partial charge in [0.05, 0.1) is 35.9 Å². The minimum atomic E-state index is -2.00. The predicted octanol–water partition coefficient (Wildman–Crippen LogP) is 0.480. The number of oxime groups is 1. The van der Waals surface area contributed by atoms with Crippen LogP contribution in [0.1, 0.15) is 36.3 Å². The number of nitrogens with one attached hydrogen (secondary N) is 2. The first-order valence-electron chi connectivity index (χ1n) is 14.7. The van der Waals surface area contributed by atoms with E-state index in [9.17, 15) is 54.0 Å². The smallest absolute Gasteiger partial charge is 0.350 e. The molecule has 51 heavy (non-hydrogen) atoms. The van der Waals surface area contributed by atoms with Crippen molar-refractivity contribution in [1.82, 2.24) is 30.5 Å². The number of hydrogen-bond acceptors (Lipinski definition) is 15. The van der Waals surface area contributed by atoms with Crippen LogP contribution in [0.3, 0.4) is 0 Å². The van der Waals surface area contributed by atoms with Crippen molar-refractivity contribution < 1.29 is 58.8 Å². The monoisotopic (exact) mass is 768 g/mol. The lowest BCUT2D eigenvalue weighted by molar-refractivity contribution is -0.161. The molecule has 20 nitrogen and oxygen atoms in total. The summed E-state index contributed by atoms with van der Waals surface area (Å²) in [6.45, 7) is 1.00. The number of ketones is 2. The largest absolute Gasteiger partial charge is 0.504 e. The number of nitrogens with two attached hydrogens (primary N) is 1. The van der Waals surface area contributed by atoms with Crippen LogP contribution in [0.4, 0.5) is 14.7 Å². The normalized spacial score (nSPS) is 21.6. The van der Waals surface area contributed by atoms with E-state index in [1.807, 2.05) is 0 Å². The maximum Gasteiger partial charge on any atom is 0.350 e. The molecule has 3 saturated heterocycles. The molecule has 2 aromatic rings. The van der Waals surface area contributed by atoms with Crippen molar-refractivity contribution in [3.05, 3.63) is 33.8 Å². The van der Waals surface area contributed by atoms with Crippen LogP contribution in [0.2, 0.25) is 5.02 Å². The van der Waals surface area contributed by atoms with E-state index in [4.69, 9.17) is 22.2 Å². The number of aromatic nitrogens is 1. The number of carboxylic acid groups (broad SMARTS) is 2. The summed E-state index contributed by atoms with van der Waals surface area (Å²) < 4.78 is 0. The molecule has 1 aromatic carbocycles. The number of aromatic hydroxyl groups is 2. The Morgan fingerprint density at radius 3 is 2.51 bits per heavy atom. The Kier molecular flexibility index (Phi) is 9.96. The molecule has 3 fully saturated rings. The number of benzene rings is 1. The zero-order valence-electron chi connectivity index (χ0n) is 26.5. The van der Waals surface area contributed by atoms with Gasteiger partial charge in [-0.05, 0) is 26.0 Å². The zero-order chi connectivity index (χ0) is 37.6. The number of anilines is 1. The number of Topliss-reactive ketones (excluding diaryl/α,β-unsaturated/α-hetero) is 2. The summed E-state index contributed by atoms with van der Waals surface area (Å²) in [5.41, 5.74) is 5.51. The van der Waals surface area contributed by atoms with Crippen LogP contribution in [0.15, 0.2) is 22.7 Å². The van der Waals surface area contributed by atoms with Gasteiger partial charge >= 0.3 is 24.0 Å². The number of nitrogens with zero attached hydrogens (tertiary/aromatic N) is 5. The van der Waals surface area contributed by atoms with Gasteiger partial charge in [-0.25, -0.2) is 34.6 Å². The van der Waals surface area contributed by atoms with Crippen LogP contribution in [-0.4, -0.2) is 129 Å². The Morgan fingerprint density at radius 2 is 1.88 bits per heavy atom. The van der Waals surface area contributed by atoms with E-state index in [0.29, 0.717) is 0 Å². The van der Waals surface area contributed by atoms with Gasteiger partial charge in [0.2, 0.25) is 16.4 Å². The van der Waals surface area contributed by atoms with E-state index in [1.54, 1.807) is 0 Å². The minimum absolute atomic E-state index is 0.0154. The standard InChI is InChI=1S/C28H29ClN8O12S2/c1-27(2,22(43)44)49-34-18(13-9-50-24(30)32-13)15(39)7-12-20(42)35-10-28(23(45)46,51-21(12)35)36-5-6-37(26(36)48)33-25(47)31-8-16(40)11-3-4-14(38)19(41)17(11)29/h3-4,9,12,21,38,41H,5-8,10H2,1-2H3,(H2,30,32)(H,43,44)(H,45,46)(H2,31,33,47)/b34-18-/t12-,21+,28-/m1/s1. The van der Waals surface area contributed by atoms with E-state index >= 15 is 0 Å². The lowest BCUT2D eigenvalue weighted by Crippen LogP contribution is -2.60. The Balaban J connectivity index is 1.24. The maximum absolute atomic E-state index is 13.5. The highest BCUT2D eigenvalue weighted by Gasteiger charge is 2.66. The summed E-state index contributed by atoms with van der Waals surface area (Å²) in [5.74, 6) is -7.20. The van der Waals surface area contributed by atoms with Crippen LogP contribution in [0.25, 0.3) is 0 Å². The summed E-state index contributed by atoms with van der Waals surface area (Å²) >= 11 is 7.63. The minimum Gasteiger partial charge on any atom is -0.504 e. The molecule has 23 heteroatoms. The molecule has 0 aliphatic carbocycles. The summed E-state index contributed by atoms with van der Waals surface area (Å²) in [4.78, 5) is 98.6. The number of carbonyl (C=O) groups excluding carboxylic acids is 5. The maximum atomic E-state index is 13.5. The van der Waals surface area contributed by atoms with E-state index in [-0.39, 0.29) is 29.5 Å². The fourth-order valence-corrected chi connectivity index (χ4v) is 7.75. The first-order chi connectivity index (χ1) is 23.9. The number of thiazole rings is 1. The third kappa shape index (κ3) is 6.88. The molecule has 0 spiro atoms. The highest BCUT2D eigenvalue weighted by atomic mass is 35.5. The van der Waals surface area contributed by atoms with Crippen LogP contribution in [-0.2, 0) is 24.0 Å². The Morgan fingerprint density at radius 1 is 1.18 bits per heavy atom. The number of β-lactam (4-membered cyclic amide) rings is 1. The molecule has 5 amide bonds. The third-order valence-corrected chi connectivity index (χ3v) is 10.9. The molecule has 3 aliphatic heterocycles. The van der Waals surface area contributed by atoms with Gasteiger partial charge < -0.3 is 41.2 Å². The average Bonchev–Trinajstić information content (AvgIpc) is 3.77. The number of phenolic OH excluding ortho intramolecular Hbond substituents is 2. The van der Waals surface area contributed by atoms with Crippen molar-refractivity contribution in [3.8, 4) is 11.5 Å². The van der Waals surface area contributed by atoms with Crippen LogP contribution >= 0.6 is 34.7 Å². The Hall–Kier alpha value is -5.35. The molecule has 0 radical (unpaired) electrons. The van der Waals surface area contributed by atoms with Crippen molar-refractivity contribution in [2.75, 3.05) is 31.9 Å². The zero-order valence-corrected chi connectivity index (χ0v) is 28.9. The lowest BCUT2D eigenvalue weighted by atomic mass is 9.90. The van der Waals surface area contributed by atoms with Crippen molar-refractivity contribution in [1.29, 1.82) is 0 Å². The molecule has 3 aliphatic rings. The second-order valence-electron chi connectivity index (χ2n) is 11.8. The van der Waals surface area contributed by atoms with Gasteiger partial charge in [0.25, 0.3) is 0 Å². The summed E-state index contributed by atoms with van der Waals surface area (Å²) in [6.07, 6.45) is -0.481.